The Morgan fingerprint density at radius 1 is 1.38 bits per heavy atom. The van der Waals surface area contributed by atoms with Gasteiger partial charge in [-0.2, -0.15) is 0 Å². The summed E-state index contributed by atoms with van der Waals surface area (Å²) >= 11 is 1.77. The second-order valence-electron chi connectivity index (χ2n) is 5.11. The highest BCUT2D eigenvalue weighted by molar-refractivity contribution is 7.09. The van der Waals surface area contributed by atoms with E-state index in [0.29, 0.717) is 0 Å². The molecule has 118 valence electrons. The zero-order valence-corrected chi connectivity index (χ0v) is 14.2. The summed E-state index contributed by atoms with van der Waals surface area (Å²) in [5, 5.41) is 5.39. The van der Waals surface area contributed by atoms with Gasteiger partial charge in [0.05, 0.1) is 0 Å². The minimum Gasteiger partial charge on any atom is -0.356 e. The maximum Gasteiger partial charge on any atom is 0.243 e. The maximum absolute atomic E-state index is 11.7. The van der Waals surface area contributed by atoms with Crippen molar-refractivity contribution < 1.29 is 4.79 Å². The number of amides is 1. The normalized spacial score (nSPS) is 11.3. The minimum absolute atomic E-state index is 0.0115. The second-order valence-corrected chi connectivity index (χ2v) is 6.14. The van der Waals surface area contributed by atoms with Crippen LogP contribution in [0, 0.1) is 0 Å². The summed E-state index contributed by atoms with van der Waals surface area (Å²) in [6, 6.07) is 4.21. The Morgan fingerprint density at radius 2 is 2.14 bits per heavy atom. The molecule has 6 heteroatoms. The van der Waals surface area contributed by atoms with Crippen molar-refractivity contribution in [3.05, 3.63) is 22.4 Å². The van der Waals surface area contributed by atoms with Crippen molar-refractivity contribution in [1.82, 2.24) is 15.1 Å². The summed E-state index contributed by atoms with van der Waals surface area (Å²) in [4.78, 5) is 21.1. The zero-order chi connectivity index (χ0) is 15.7. The van der Waals surface area contributed by atoms with E-state index in [1.807, 2.05) is 7.05 Å². The molecule has 0 atom stereocenters. The van der Waals surface area contributed by atoms with Crippen molar-refractivity contribution in [2.75, 3.05) is 40.8 Å². The Balaban J connectivity index is 2.57. The van der Waals surface area contributed by atoms with E-state index in [2.05, 4.69) is 39.6 Å². The van der Waals surface area contributed by atoms with Crippen molar-refractivity contribution >= 4 is 23.2 Å². The first-order valence-electron chi connectivity index (χ1n) is 7.26. The molecule has 1 aromatic rings. The lowest BCUT2D eigenvalue weighted by Crippen LogP contribution is -2.41. The summed E-state index contributed by atoms with van der Waals surface area (Å²) in [7, 11) is 5.50. The zero-order valence-electron chi connectivity index (χ0n) is 13.4. The van der Waals surface area contributed by atoms with Crippen molar-refractivity contribution in [3.8, 4) is 0 Å². The highest BCUT2D eigenvalue weighted by Gasteiger charge is 2.09. The van der Waals surface area contributed by atoms with E-state index in [1.165, 1.54) is 4.88 Å². The number of likely N-dealkylation sites (N-methyl/N-ethyl adjacent to an activating group) is 2. The van der Waals surface area contributed by atoms with Crippen LogP contribution >= 0.6 is 11.3 Å². The fourth-order valence-electron chi connectivity index (χ4n) is 1.67. The van der Waals surface area contributed by atoms with Gasteiger partial charge in [0.1, 0.15) is 6.54 Å². The molecule has 0 spiro atoms. The largest absolute Gasteiger partial charge is 0.356 e. The molecule has 1 aromatic heterocycles. The molecule has 0 aliphatic heterocycles. The monoisotopic (exact) mass is 310 g/mol. The highest BCUT2D eigenvalue weighted by Crippen LogP contribution is 2.09. The predicted molar refractivity (Wildman–Crippen MR) is 89.9 cm³/mol. The number of carbonyl (C=O) groups excluding carboxylic acids is 1. The van der Waals surface area contributed by atoms with Crippen LogP contribution < -0.4 is 5.32 Å². The number of carbonyl (C=O) groups is 1. The predicted octanol–water partition coefficient (Wildman–Crippen LogP) is 1.67. The van der Waals surface area contributed by atoms with Crippen LogP contribution in [0.15, 0.2) is 22.5 Å². The highest BCUT2D eigenvalue weighted by atomic mass is 32.1. The van der Waals surface area contributed by atoms with Crippen LogP contribution in [-0.2, 0) is 11.2 Å². The molecule has 0 aromatic carbocycles. The van der Waals surface area contributed by atoms with E-state index >= 15 is 0 Å². The first-order valence-corrected chi connectivity index (χ1v) is 8.14. The minimum atomic E-state index is 0.0115. The van der Waals surface area contributed by atoms with Crippen molar-refractivity contribution in [3.63, 3.8) is 0 Å². The van der Waals surface area contributed by atoms with E-state index in [4.69, 9.17) is 0 Å². The Hall–Kier alpha value is -1.56. The lowest BCUT2D eigenvalue weighted by molar-refractivity contribution is -0.127. The van der Waals surface area contributed by atoms with Gasteiger partial charge in [-0.05, 0) is 24.3 Å². The third-order valence-corrected chi connectivity index (χ3v) is 3.97. The van der Waals surface area contributed by atoms with E-state index in [1.54, 1.807) is 30.3 Å². The van der Waals surface area contributed by atoms with Gasteiger partial charge in [-0.1, -0.05) is 13.0 Å². The van der Waals surface area contributed by atoms with Gasteiger partial charge < -0.3 is 15.1 Å². The van der Waals surface area contributed by atoms with Gasteiger partial charge in [-0.15, -0.1) is 11.3 Å². The Kier molecular flexibility index (Phi) is 7.82. The van der Waals surface area contributed by atoms with Crippen LogP contribution in [0.2, 0.25) is 0 Å². The molecule has 0 aliphatic carbocycles. The number of hydrogen-bond acceptors (Lipinski definition) is 3. The summed E-state index contributed by atoms with van der Waals surface area (Å²) in [6.45, 7) is 4.04. The third kappa shape index (κ3) is 6.62. The summed E-state index contributed by atoms with van der Waals surface area (Å²) < 4.78 is 0. The molecule has 21 heavy (non-hydrogen) atoms. The lowest BCUT2D eigenvalue weighted by atomic mass is 10.3. The van der Waals surface area contributed by atoms with Gasteiger partial charge >= 0.3 is 0 Å². The van der Waals surface area contributed by atoms with Crippen molar-refractivity contribution in [1.29, 1.82) is 0 Å². The number of hydrogen-bond donors (Lipinski definition) is 1. The van der Waals surface area contributed by atoms with Gasteiger partial charge in [0, 0.05) is 39.1 Å². The first-order chi connectivity index (χ1) is 10.0. The molecule has 0 unspecified atom stereocenters. The molecule has 5 nitrogen and oxygen atoms in total. The SMILES string of the molecule is CCCNC(=NCC(=O)N(C)C)N(C)CCc1cccs1. The number of nitrogens with zero attached hydrogens (tertiary/aromatic N) is 3. The average Bonchev–Trinajstić information content (AvgIpc) is 2.97. The molecule has 0 saturated heterocycles. The number of rotatable bonds is 7. The molecule has 1 amide bonds. The van der Waals surface area contributed by atoms with Crippen LogP contribution in [0.25, 0.3) is 0 Å². The van der Waals surface area contributed by atoms with Crippen molar-refractivity contribution in [2.45, 2.75) is 19.8 Å². The fourth-order valence-corrected chi connectivity index (χ4v) is 2.37. The Labute approximate surface area is 131 Å². The molecule has 0 fully saturated rings. The number of guanidine groups is 1. The van der Waals surface area contributed by atoms with Gasteiger partial charge in [-0.3, -0.25) is 4.79 Å². The topological polar surface area (TPSA) is 47.9 Å². The quantitative estimate of drug-likeness (QED) is 0.615. The van der Waals surface area contributed by atoms with E-state index in [9.17, 15) is 4.79 Å². The maximum atomic E-state index is 11.7. The molecule has 0 aliphatic rings. The van der Waals surface area contributed by atoms with Gasteiger partial charge in [0.15, 0.2) is 5.96 Å². The van der Waals surface area contributed by atoms with E-state index < -0.39 is 0 Å². The molecule has 1 heterocycles. The molecule has 0 radical (unpaired) electrons. The fraction of sp³-hybridized carbons (Fsp3) is 0.600. The molecule has 0 bridgehead atoms. The second kappa shape index (κ2) is 9.39. The van der Waals surface area contributed by atoms with Crippen LogP contribution in [0.4, 0.5) is 0 Å². The Bertz CT molecular complexity index is 443. The number of nitrogens with one attached hydrogen (secondary N) is 1. The number of thiophene rings is 1. The molecule has 0 saturated carbocycles. The van der Waals surface area contributed by atoms with Gasteiger partial charge in [-0.25, -0.2) is 4.99 Å². The lowest BCUT2D eigenvalue weighted by Gasteiger charge is -2.22. The standard InChI is InChI=1S/C15H26N4OS/c1-5-9-16-15(17-12-14(20)18(2)3)19(4)10-8-13-7-6-11-21-13/h6-7,11H,5,8-10,12H2,1-4H3,(H,16,17). The third-order valence-electron chi connectivity index (χ3n) is 3.03. The summed E-state index contributed by atoms with van der Waals surface area (Å²) in [6.07, 6.45) is 2.02. The average molecular weight is 310 g/mol. The van der Waals surface area contributed by atoms with Crippen LogP contribution in [0.3, 0.4) is 0 Å². The molecule has 1 N–H and O–H groups in total. The molecular formula is C15H26N4OS. The summed E-state index contributed by atoms with van der Waals surface area (Å²) in [5.41, 5.74) is 0. The van der Waals surface area contributed by atoms with Crippen LogP contribution in [0.5, 0.6) is 0 Å². The summed E-state index contributed by atoms with van der Waals surface area (Å²) in [5.74, 6) is 0.807. The smallest absolute Gasteiger partial charge is 0.243 e. The van der Waals surface area contributed by atoms with Crippen molar-refractivity contribution in [2.24, 2.45) is 4.99 Å². The van der Waals surface area contributed by atoms with Gasteiger partial charge in [0.25, 0.3) is 0 Å². The molecule has 1 rings (SSSR count). The van der Waals surface area contributed by atoms with E-state index in [-0.39, 0.29) is 12.5 Å². The van der Waals surface area contributed by atoms with Gasteiger partial charge in [0.2, 0.25) is 5.91 Å². The van der Waals surface area contributed by atoms with Crippen LogP contribution in [-0.4, -0.2) is 62.4 Å². The Morgan fingerprint density at radius 3 is 2.71 bits per heavy atom. The molecular weight excluding hydrogens is 284 g/mol. The van der Waals surface area contributed by atoms with Crippen LogP contribution in [0.1, 0.15) is 18.2 Å². The number of aliphatic imine (C=N–C) groups is 1. The first kappa shape index (κ1) is 17.5. The van der Waals surface area contributed by atoms with E-state index in [0.717, 1.165) is 31.9 Å².